The highest BCUT2D eigenvalue weighted by molar-refractivity contribution is 5.98. The van der Waals surface area contributed by atoms with E-state index < -0.39 is 60.2 Å². The van der Waals surface area contributed by atoms with Gasteiger partial charge in [-0.05, 0) is 50.6 Å². The van der Waals surface area contributed by atoms with Gasteiger partial charge in [0, 0.05) is 36.7 Å². The van der Waals surface area contributed by atoms with Crippen LogP contribution in [0, 0.1) is 5.41 Å². The molecule has 3 fully saturated rings. The molecule has 3 aromatic rings. The average molecular weight is 671 g/mol. The van der Waals surface area contributed by atoms with Gasteiger partial charge in [-0.1, -0.05) is 0 Å². The lowest BCUT2D eigenvalue weighted by atomic mass is 9.92. The Morgan fingerprint density at radius 2 is 1.85 bits per heavy atom. The number of aromatic nitrogens is 4. The van der Waals surface area contributed by atoms with E-state index in [1.165, 1.54) is 30.2 Å². The number of fused-ring (bicyclic) bond motifs is 1. The lowest BCUT2D eigenvalue weighted by Crippen LogP contribution is -2.56. The molecule has 6 rings (SSSR count). The molecule has 12 nitrogen and oxygen atoms in total. The van der Waals surface area contributed by atoms with Crippen LogP contribution in [0.15, 0.2) is 24.7 Å². The molecule has 0 aromatic carbocycles. The first-order valence-corrected chi connectivity index (χ1v) is 14.8. The molecule has 2 aliphatic heterocycles. The largest absolute Gasteiger partial charge is 0.480 e. The van der Waals surface area contributed by atoms with Crippen molar-refractivity contribution in [3.8, 4) is 17.1 Å². The number of alkyl halides is 6. The summed E-state index contributed by atoms with van der Waals surface area (Å²) in [6, 6.07) is 1.78. The van der Waals surface area contributed by atoms with Crippen LogP contribution in [0.1, 0.15) is 42.1 Å². The maximum absolute atomic E-state index is 14.9. The van der Waals surface area contributed by atoms with Gasteiger partial charge >= 0.3 is 6.18 Å². The number of amides is 2. The van der Waals surface area contributed by atoms with Crippen LogP contribution in [0.5, 0.6) is 5.88 Å². The highest BCUT2D eigenvalue weighted by atomic mass is 19.4. The third kappa shape index (κ3) is 5.60. The molecule has 3 atom stereocenters. The van der Waals surface area contributed by atoms with Gasteiger partial charge in [0.15, 0.2) is 5.82 Å². The van der Waals surface area contributed by atoms with Gasteiger partial charge in [-0.25, -0.2) is 27.7 Å². The van der Waals surface area contributed by atoms with E-state index in [-0.39, 0.29) is 30.6 Å². The minimum absolute atomic E-state index is 0.0857. The second kappa shape index (κ2) is 11.2. The maximum atomic E-state index is 14.9. The SMILES string of the molecule is COc1ncc(-c2cc(CN3CCC4(CC3)CC4(F)F)c3c(N)ncnn23)cc1C(=O)N[C@@H]1CN(C(=O)[C@@](C)(O)C(F)(F)F)C[C@@H]1F. The summed E-state index contributed by atoms with van der Waals surface area (Å²) in [4.78, 5) is 36.6. The van der Waals surface area contributed by atoms with Crippen LogP contribution in [-0.2, 0) is 11.3 Å². The van der Waals surface area contributed by atoms with Crippen LogP contribution in [-0.4, -0.2) is 110 Å². The minimum atomic E-state index is -5.29. The number of pyridine rings is 1. The minimum Gasteiger partial charge on any atom is -0.480 e. The van der Waals surface area contributed by atoms with E-state index in [0.29, 0.717) is 59.7 Å². The molecule has 2 saturated heterocycles. The molecule has 3 aromatic heterocycles. The average Bonchev–Trinajstić information content (AvgIpc) is 3.26. The summed E-state index contributed by atoms with van der Waals surface area (Å²) in [5.41, 5.74) is 3.44. The summed E-state index contributed by atoms with van der Waals surface area (Å²) in [6.45, 7) is 0.200. The molecule has 3 aliphatic rings. The Morgan fingerprint density at radius 1 is 1.17 bits per heavy atom. The lowest BCUT2D eigenvalue weighted by Gasteiger charge is -2.32. The fraction of sp³-hybridized carbons (Fsp3) is 0.552. The summed E-state index contributed by atoms with van der Waals surface area (Å²) in [7, 11) is 1.25. The Labute approximate surface area is 263 Å². The predicted octanol–water partition coefficient (Wildman–Crippen LogP) is 2.60. The van der Waals surface area contributed by atoms with Gasteiger partial charge in [-0.15, -0.1) is 0 Å². The van der Waals surface area contributed by atoms with Crippen molar-refractivity contribution in [3.63, 3.8) is 0 Å². The zero-order chi connectivity index (χ0) is 34.1. The highest BCUT2D eigenvalue weighted by Gasteiger charge is 2.70. The molecule has 5 heterocycles. The molecule has 1 spiro atoms. The summed E-state index contributed by atoms with van der Waals surface area (Å²) in [5.74, 6) is -5.21. The van der Waals surface area contributed by atoms with Crippen molar-refractivity contribution in [2.45, 2.75) is 62.6 Å². The number of rotatable bonds is 7. The monoisotopic (exact) mass is 670 g/mol. The molecular weight excluding hydrogens is 638 g/mol. The second-order valence-corrected chi connectivity index (χ2v) is 12.6. The van der Waals surface area contributed by atoms with Gasteiger partial charge in [0.1, 0.15) is 23.6 Å². The zero-order valence-corrected chi connectivity index (χ0v) is 25.3. The van der Waals surface area contributed by atoms with Crippen LogP contribution in [0.3, 0.4) is 0 Å². The molecule has 0 bridgehead atoms. The maximum Gasteiger partial charge on any atom is 0.426 e. The number of nitrogens with two attached hydrogens (primary N) is 1. The number of carbonyl (C=O) groups excluding carboxylic acids is 2. The van der Waals surface area contributed by atoms with Crippen molar-refractivity contribution in [2.75, 3.05) is 39.0 Å². The molecule has 0 radical (unpaired) electrons. The fourth-order valence-corrected chi connectivity index (χ4v) is 6.43. The number of halogens is 6. The smallest absolute Gasteiger partial charge is 0.426 e. The first kappa shape index (κ1) is 32.7. The number of likely N-dealkylation sites (tertiary alicyclic amines) is 2. The number of nitrogens with one attached hydrogen (secondary N) is 1. The third-order valence-corrected chi connectivity index (χ3v) is 9.49. The first-order valence-electron chi connectivity index (χ1n) is 14.8. The Hall–Kier alpha value is -4.19. The molecule has 18 heteroatoms. The number of aliphatic hydroxyl groups is 1. The van der Waals surface area contributed by atoms with Crippen LogP contribution in [0.2, 0.25) is 0 Å². The van der Waals surface area contributed by atoms with Crippen molar-refractivity contribution in [3.05, 3.63) is 35.8 Å². The summed E-state index contributed by atoms with van der Waals surface area (Å²) in [6.07, 6.45) is -3.91. The summed E-state index contributed by atoms with van der Waals surface area (Å²) < 4.78 is 89.0. The quantitative estimate of drug-likeness (QED) is 0.323. The van der Waals surface area contributed by atoms with E-state index in [0.717, 1.165) is 0 Å². The van der Waals surface area contributed by atoms with E-state index in [1.54, 1.807) is 6.07 Å². The summed E-state index contributed by atoms with van der Waals surface area (Å²) >= 11 is 0. The predicted molar refractivity (Wildman–Crippen MR) is 153 cm³/mol. The molecule has 47 heavy (non-hydrogen) atoms. The number of piperidine rings is 1. The molecule has 4 N–H and O–H groups in total. The van der Waals surface area contributed by atoms with Crippen molar-refractivity contribution in [1.82, 2.24) is 34.7 Å². The number of hydrogen-bond donors (Lipinski definition) is 3. The van der Waals surface area contributed by atoms with Crippen molar-refractivity contribution in [1.29, 1.82) is 0 Å². The number of carbonyl (C=O) groups is 2. The normalized spacial score (nSPS) is 23.6. The van der Waals surface area contributed by atoms with E-state index in [1.807, 2.05) is 4.90 Å². The van der Waals surface area contributed by atoms with Gasteiger partial charge in [0.2, 0.25) is 11.5 Å². The Balaban J connectivity index is 1.24. The zero-order valence-electron chi connectivity index (χ0n) is 25.3. The van der Waals surface area contributed by atoms with Gasteiger partial charge in [-0.2, -0.15) is 18.3 Å². The van der Waals surface area contributed by atoms with Gasteiger partial charge in [0.25, 0.3) is 17.7 Å². The van der Waals surface area contributed by atoms with Gasteiger partial charge < -0.3 is 25.8 Å². The van der Waals surface area contributed by atoms with Crippen molar-refractivity contribution < 1.29 is 45.8 Å². The van der Waals surface area contributed by atoms with Crippen LogP contribution in [0.25, 0.3) is 16.8 Å². The summed E-state index contributed by atoms with van der Waals surface area (Å²) in [5, 5.41) is 16.5. The van der Waals surface area contributed by atoms with Crippen LogP contribution >= 0.6 is 0 Å². The van der Waals surface area contributed by atoms with E-state index in [2.05, 4.69) is 20.4 Å². The van der Waals surface area contributed by atoms with E-state index in [4.69, 9.17) is 10.5 Å². The number of hydrogen-bond acceptors (Lipinski definition) is 9. The Kier molecular flexibility index (Phi) is 7.81. The van der Waals surface area contributed by atoms with Crippen LogP contribution < -0.4 is 15.8 Å². The highest BCUT2D eigenvalue weighted by Crippen LogP contribution is 2.65. The fourth-order valence-electron chi connectivity index (χ4n) is 6.43. The lowest BCUT2D eigenvalue weighted by molar-refractivity contribution is -0.249. The molecule has 0 unspecified atom stereocenters. The first-order chi connectivity index (χ1) is 22.0. The topological polar surface area (TPSA) is 151 Å². The number of nitrogens with zero attached hydrogens (tertiary/aromatic N) is 6. The standard InChI is InChI=1S/C29H32F6N8O4/c1-26(46,29(33,34)35)25(45)42-11-18(30)19(12-42)40-23(44)17-7-15(9-37-24(17)47-2)20-8-16(21-22(36)38-14-39-43(20)21)10-41-5-3-27(4-6-41)13-28(27,31)32/h7-9,14,18-19,46H,3-6,10-13H2,1-2H3,(H,40,44)(H2,36,38,39)/t18-,19+,26+/m0/s1. The molecule has 1 saturated carbocycles. The number of ether oxygens (including phenoxy) is 1. The molecular formula is C29H32F6N8O4. The van der Waals surface area contributed by atoms with E-state index >= 15 is 0 Å². The van der Waals surface area contributed by atoms with E-state index in [9.17, 15) is 41.0 Å². The number of nitrogen functional groups attached to an aromatic ring is 1. The van der Waals surface area contributed by atoms with Crippen molar-refractivity contribution >= 4 is 23.1 Å². The number of anilines is 1. The third-order valence-electron chi connectivity index (χ3n) is 9.49. The van der Waals surface area contributed by atoms with Crippen molar-refractivity contribution in [2.24, 2.45) is 5.41 Å². The number of methoxy groups -OCH3 is 1. The Morgan fingerprint density at radius 3 is 2.47 bits per heavy atom. The van der Waals surface area contributed by atoms with Gasteiger partial charge in [0.05, 0.1) is 25.4 Å². The molecule has 254 valence electrons. The molecule has 1 aliphatic carbocycles. The molecule has 2 amide bonds. The second-order valence-electron chi connectivity index (χ2n) is 12.6. The van der Waals surface area contributed by atoms with Crippen LogP contribution in [0.4, 0.5) is 32.2 Å². The van der Waals surface area contributed by atoms with Gasteiger partial charge in [-0.3, -0.25) is 14.5 Å². The Bertz CT molecular complexity index is 1720.